The normalized spacial score (nSPS) is 11.6. The fraction of sp³-hybridized carbons (Fsp3) is 0.174. The van der Waals surface area contributed by atoms with Crippen molar-refractivity contribution in [1.29, 1.82) is 0 Å². The van der Waals surface area contributed by atoms with Crippen molar-refractivity contribution in [3.8, 4) is 16.9 Å². The van der Waals surface area contributed by atoms with Gasteiger partial charge in [0, 0.05) is 16.8 Å². The van der Waals surface area contributed by atoms with Gasteiger partial charge in [-0.05, 0) is 35.9 Å². The number of ether oxygens (including phenoxy) is 1. The van der Waals surface area contributed by atoms with Gasteiger partial charge in [0.15, 0.2) is 6.54 Å². The van der Waals surface area contributed by atoms with Crippen molar-refractivity contribution in [3.63, 3.8) is 0 Å². The maximum atomic E-state index is 12.5. The Balaban J connectivity index is 1.62. The van der Waals surface area contributed by atoms with E-state index in [0.717, 1.165) is 34.0 Å². The van der Waals surface area contributed by atoms with Gasteiger partial charge in [-0.2, -0.15) is 0 Å². The monoisotopic (exact) mass is 361 g/mol. The lowest BCUT2D eigenvalue weighted by Gasteiger charge is -2.15. The Morgan fingerprint density at radius 2 is 1.59 bits per heavy atom. The fourth-order valence-electron chi connectivity index (χ4n) is 3.08. The van der Waals surface area contributed by atoms with Gasteiger partial charge in [-0.3, -0.25) is 4.79 Å². The fourth-order valence-corrected chi connectivity index (χ4v) is 3.08. The number of para-hydroxylation sites is 1. The maximum Gasteiger partial charge on any atom is 0.279 e. The van der Waals surface area contributed by atoms with Gasteiger partial charge in [-0.25, -0.2) is 0 Å². The number of hydrogen-bond donors (Lipinski definition) is 2. The summed E-state index contributed by atoms with van der Waals surface area (Å²) in [5, 5.41) is 3.06. The number of carbonyl (C=O) groups is 1. The highest BCUT2D eigenvalue weighted by Crippen LogP contribution is 2.27. The van der Waals surface area contributed by atoms with E-state index in [4.69, 9.17) is 4.74 Å². The van der Waals surface area contributed by atoms with Gasteiger partial charge in [-0.15, -0.1) is 0 Å². The summed E-state index contributed by atoms with van der Waals surface area (Å²) in [7, 11) is 3.68. The molecule has 0 spiro atoms. The van der Waals surface area contributed by atoms with Crippen molar-refractivity contribution in [2.75, 3.05) is 26.0 Å². The first-order chi connectivity index (χ1) is 13.2. The highest BCUT2D eigenvalue weighted by Gasteiger charge is 2.13. The number of hydrogen-bond acceptors (Lipinski definition) is 2. The minimum Gasteiger partial charge on any atom is -0.497 e. The Labute approximate surface area is 160 Å². The third kappa shape index (κ3) is 5.19. The van der Waals surface area contributed by atoms with Crippen LogP contribution in [0.4, 0.5) is 5.69 Å². The number of nitrogens with one attached hydrogen (secondary N) is 2. The molecule has 0 bridgehead atoms. The van der Waals surface area contributed by atoms with Crippen LogP contribution >= 0.6 is 0 Å². The molecule has 27 heavy (non-hydrogen) atoms. The molecule has 3 aromatic carbocycles. The Kier molecular flexibility index (Phi) is 6.23. The molecule has 0 saturated heterocycles. The number of amides is 1. The van der Waals surface area contributed by atoms with Crippen molar-refractivity contribution < 1.29 is 14.4 Å². The lowest BCUT2D eigenvalue weighted by Crippen LogP contribution is -3.08. The Hall–Kier alpha value is -3.11. The molecule has 138 valence electrons. The lowest BCUT2D eigenvalue weighted by molar-refractivity contribution is -0.885. The van der Waals surface area contributed by atoms with Crippen LogP contribution in [0.15, 0.2) is 78.9 Å². The molecule has 0 aliphatic carbocycles. The standard InChI is InChI=1S/C23H24N2O2/c1-25(16-18-12-14-20(27-2)15-13-18)17-23(26)24-22-11-7-6-10-21(22)19-8-4-3-5-9-19/h3-15H,16-17H2,1-2H3,(H,24,26)/p+1. The maximum absolute atomic E-state index is 12.5. The Morgan fingerprint density at radius 3 is 2.30 bits per heavy atom. The summed E-state index contributed by atoms with van der Waals surface area (Å²) >= 11 is 0. The summed E-state index contributed by atoms with van der Waals surface area (Å²) in [6.07, 6.45) is 0. The molecule has 0 heterocycles. The van der Waals surface area contributed by atoms with Crippen LogP contribution in [0.3, 0.4) is 0 Å². The van der Waals surface area contributed by atoms with Gasteiger partial charge < -0.3 is 15.0 Å². The van der Waals surface area contributed by atoms with E-state index in [1.807, 2.05) is 85.9 Å². The van der Waals surface area contributed by atoms with E-state index >= 15 is 0 Å². The molecule has 0 radical (unpaired) electrons. The minimum absolute atomic E-state index is 0.00407. The average molecular weight is 361 g/mol. The van der Waals surface area contributed by atoms with Crippen molar-refractivity contribution in [2.45, 2.75) is 6.54 Å². The van der Waals surface area contributed by atoms with Gasteiger partial charge in [0.05, 0.1) is 14.2 Å². The van der Waals surface area contributed by atoms with Crippen LogP contribution in [-0.4, -0.2) is 26.6 Å². The molecular formula is C23H25N2O2+. The number of benzene rings is 3. The largest absolute Gasteiger partial charge is 0.497 e. The van der Waals surface area contributed by atoms with Gasteiger partial charge in [-0.1, -0.05) is 48.5 Å². The topological polar surface area (TPSA) is 42.8 Å². The Bertz CT molecular complexity index is 876. The van der Waals surface area contributed by atoms with E-state index in [0.29, 0.717) is 6.54 Å². The summed E-state index contributed by atoms with van der Waals surface area (Å²) in [6.45, 7) is 1.17. The van der Waals surface area contributed by atoms with Crippen molar-refractivity contribution >= 4 is 11.6 Å². The lowest BCUT2D eigenvalue weighted by atomic mass is 10.0. The zero-order valence-corrected chi connectivity index (χ0v) is 15.7. The van der Waals surface area contributed by atoms with Crippen molar-refractivity contribution in [1.82, 2.24) is 0 Å². The van der Waals surface area contributed by atoms with Gasteiger partial charge in [0.1, 0.15) is 12.3 Å². The third-order valence-electron chi connectivity index (χ3n) is 4.41. The van der Waals surface area contributed by atoms with E-state index in [1.54, 1.807) is 7.11 Å². The van der Waals surface area contributed by atoms with Crippen LogP contribution in [0.1, 0.15) is 5.56 Å². The van der Waals surface area contributed by atoms with Crippen LogP contribution < -0.4 is 15.0 Å². The average Bonchev–Trinajstić information content (AvgIpc) is 2.69. The summed E-state index contributed by atoms with van der Waals surface area (Å²) in [4.78, 5) is 13.7. The minimum atomic E-state index is 0.00407. The third-order valence-corrected chi connectivity index (χ3v) is 4.41. The van der Waals surface area contributed by atoms with Crippen LogP contribution in [0, 0.1) is 0 Å². The molecule has 3 rings (SSSR count). The highest BCUT2D eigenvalue weighted by atomic mass is 16.5. The molecule has 1 atom stereocenters. The molecule has 2 N–H and O–H groups in total. The first-order valence-electron chi connectivity index (χ1n) is 9.04. The molecular weight excluding hydrogens is 336 g/mol. The molecule has 0 aliphatic rings. The molecule has 0 aromatic heterocycles. The molecule has 0 fully saturated rings. The van der Waals surface area contributed by atoms with Crippen LogP contribution in [0.5, 0.6) is 5.75 Å². The van der Waals surface area contributed by atoms with Crippen molar-refractivity contribution in [3.05, 3.63) is 84.4 Å². The molecule has 4 nitrogen and oxygen atoms in total. The molecule has 1 amide bonds. The number of anilines is 1. The number of methoxy groups -OCH3 is 1. The van der Waals surface area contributed by atoms with E-state index in [2.05, 4.69) is 5.32 Å². The smallest absolute Gasteiger partial charge is 0.279 e. The predicted octanol–water partition coefficient (Wildman–Crippen LogP) is 3.02. The van der Waals surface area contributed by atoms with Crippen molar-refractivity contribution in [2.24, 2.45) is 0 Å². The quantitative estimate of drug-likeness (QED) is 0.679. The first kappa shape index (κ1) is 18.7. The second-order valence-corrected chi connectivity index (χ2v) is 6.62. The summed E-state index contributed by atoms with van der Waals surface area (Å²) in [5.74, 6) is 0.844. The molecule has 0 saturated carbocycles. The van der Waals surface area contributed by atoms with E-state index in [-0.39, 0.29) is 5.91 Å². The van der Waals surface area contributed by atoms with Gasteiger partial charge in [0.25, 0.3) is 5.91 Å². The number of quaternary nitrogens is 1. The zero-order valence-electron chi connectivity index (χ0n) is 15.7. The van der Waals surface area contributed by atoms with Gasteiger partial charge >= 0.3 is 0 Å². The van der Waals surface area contributed by atoms with Crippen LogP contribution in [0.2, 0.25) is 0 Å². The van der Waals surface area contributed by atoms with Crippen LogP contribution in [-0.2, 0) is 11.3 Å². The molecule has 0 aliphatic heterocycles. The Morgan fingerprint density at radius 1 is 0.926 bits per heavy atom. The van der Waals surface area contributed by atoms with E-state index in [1.165, 1.54) is 5.56 Å². The van der Waals surface area contributed by atoms with Gasteiger partial charge in [0.2, 0.25) is 0 Å². The second kappa shape index (κ2) is 9.01. The molecule has 4 heteroatoms. The summed E-state index contributed by atoms with van der Waals surface area (Å²) in [6, 6.07) is 25.9. The number of rotatable bonds is 7. The van der Waals surface area contributed by atoms with E-state index in [9.17, 15) is 4.79 Å². The summed E-state index contributed by atoms with van der Waals surface area (Å²) < 4.78 is 5.18. The highest BCUT2D eigenvalue weighted by molar-refractivity contribution is 5.96. The predicted molar refractivity (Wildman–Crippen MR) is 109 cm³/mol. The zero-order chi connectivity index (χ0) is 19.1. The second-order valence-electron chi connectivity index (χ2n) is 6.62. The number of likely N-dealkylation sites (N-methyl/N-ethyl adjacent to an activating group) is 1. The summed E-state index contributed by atoms with van der Waals surface area (Å²) in [5.41, 5.74) is 4.13. The first-order valence-corrected chi connectivity index (χ1v) is 9.04. The SMILES string of the molecule is COc1ccc(C[NH+](C)CC(=O)Nc2ccccc2-c2ccccc2)cc1. The van der Waals surface area contributed by atoms with E-state index < -0.39 is 0 Å². The van der Waals surface area contributed by atoms with Crippen LogP contribution in [0.25, 0.3) is 11.1 Å². The molecule has 3 aromatic rings. The molecule has 1 unspecified atom stereocenters. The number of carbonyl (C=O) groups excluding carboxylic acids is 1.